The summed E-state index contributed by atoms with van der Waals surface area (Å²) >= 11 is 0. The number of carbonyl (C=O) groups excluding carboxylic acids is 1. The maximum atomic E-state index is 12.1. The van der Waals surface area contributed by atoms with Crippen molar-refractivity contribution in [3.8, 4) is 5.82 Å². The number of aromatic nitrogens is 3. The van der Waals surface area contributed by atoms with Crippen LogP contribution < -0.4 is 5.32 Å². The van der Waals surface area contributed by atoms with Gasteiger partial charge in [0.05, 0.1) is 12.5 Å². The second-order valence-corrected chi connectivity index (χ2v) is 6.41. The highest BCUT2D eigenvalue weighted by atomic mass is 16.5. The minimum Gasteiger partial charge on any atom is -0.466 e. The van der Waals surface area contributed by atoms with Crippen LogP contribution in [0.4, 0.5) is 0 Å². The molecule has 1 atom stereocenters. The topological polar surface area (TPSA) is 84.6 Å². The molecule has 8 nitrogen and oxygen atoms in total. The molecule has 1 saturated heterocycles. The number of nitrogens with one attached hydrogen (secondary N) is 1. The van der Waals surface area contributed by atoms with Gasteiger partial charge in [0.2, 0.25) is 0 Å². The average Bonchev–Trinajstić information content (AvgIpc) is 3.24. The molecule has 0 radical (unpaired) electrons. The molecular weight excluding hydrogens is 344 g/mol. The quantitative estimate of drug-likeness (QED) is 0.489. The standard InChI is InChI=1S/C19H26N6O2/c1-3-27-18(26)16-6-4-10-24(14-16)19(20-2)22-13-15-7-9-21-17(12-15)25-11-5-8-23-25/h5,7-9,11-12,16H,3-4,6,10,13-14H2,1-2H3,(H,20,22). The Kier molecular flexibility index (Phi) is 6.40. The molecule has 3 rings (SSSR count). The Balaban J connectivity index is 1.61. The van der Waals surface area contributed by atoms with E-state index in [0.29, 0.717) is 19.7 Å². The lowest BCUT2D eigenvalue weighted by atomic mass is 9.98. The molecule has 2 aromatic heterocycles. The fourth-order valence-corrected chi connectivity index (χ4v) is 3.24. The summed E-state index contributed by atoms with van der Waals surface area (Å²) in [6.45, 7) is 4.38. The van der Waals surface area contributed by atoms with E-state index in [1.165, 1.54) is 0 Å². The normalized spacial score (nSPS) is 17.6. The van der Waals surface area contributed by atoms with Crippen LogP contribution in [0.2, 0.25) is 0 Å². The van der Waals surface area contributed by atoms with Gasteiger partial charge in [0.1, 0.15) is 0 Å². The summed E-state index contributed by atoms with van der Waals surface area (Å²) in [4.78, 5) is 22.9. The second kappa shape index (κ2) is 9.16. The minimum absolute atomic E-state index is 0.0930. The number of nitrogens with zero attached hydrogens (tertiary/aromatic N) is 5. The molecule has 1 fully saturated rings. The first-order valence-corrected chi connectivity index (χ1v) is 9.28. The van der Waals surface area contributed by atoms with Crippen LogP contribution in [0, 0.1) is 5.92 Å². The number of hydrogen-bond acceptors (Lipinski definition) is 5. The summed E-state index contributed by atoms with van der Waals surface area (Å²) in [5.74, 6) is 1.36. The van der Waals surface area contributed by atoms with Gasteiger partial charge in [-0.15, -0.1) is 0 Å². The Hall–Kier alpha value is -2.90. The largest absolute Gasteiger partial charge is 0.466 e. The van der Waals surface area contributed by atoms with E-state index in [9.17, 15) is 4.79 Å². The van der Waals surface area contributed by atoms with Gasteiger partial charge in [0, 0.05) is 45.3 Å². The molecule has 0 saturated carbocycles. The lowest BCUT2D eigenvalue weighted by Crippen LogP contribution is -2.48. The van der Waals surface area contributed by atoms with Crippen molar-refractivity contribution in [2.75, 3.05) is 26.7 Å². The second-order valence-electron chi connectivity index (χ2n) is 6.41. The predicted molar refractivity (Wildman–Crippen MR) is 102 cm³/mol. The Labute approximate surface area is 159 Å². The number of hydrogen-bond donors (Lipinski definition) is 1. The van der Waals surface area contributed by atoms with Crippen LogP contribution in [0.1, 0.15) is 25.3 Å². The Bertz CT molecular complexity index is 774. The van der Waals surface area contributed by atoms with Gasteiger partial charge < -0.3 is 15.0 Å². The van der Waals surface area contributed by atoms with Crippen LogP contribution in [0.3, 0.4) is 0 Å². The molecule has 2 aromatic rings. The van der Waals surface area contributed by atoms with Crippen molar-refractivity contribution in [1.29, 1.82) is 0 Å². The third-order valence-corrected chi connectivity index (χ3v) is 4.55. The van der Waals surface area contributed by atoms with Gasteiger partial charge in [-0.25, -0.2) is 9.67 Å². The van der Waals surface area contributed by atoms with Crippen LogP contribution in [-0.4, -0.2) is 58.3 Å². The van der Waals surface area contributed by atoms with Crippen molar-refractivity contribution < 1.29 is 9.53 Å². The maximum absolute atomic E-state index is 12.1. The van der Waals surface area contributed by atoms with Gasteiger partial charge in [-0.05, 0) is 43.5 Å². The molecule has 27 heavy (non-hydrogen) atoms. The molecule has 1 aliphatic heterocycles. The van der Waals surface area contributed by atoms with E-state index in [2.05, 4.69) is 25.3 Å². The highest BCUT2D eigenvalue weighted by Crippen LogP contribution is 2.18. The lowest BCUT2D eigenvalue weighted by Gasteiger charge is -2.34. The van der Waals surface area contributed by atoms with Crippen LogP contribution in [-0.2, 0) is 16.1 Å². The Morgan fingerprint density at radius 1 is 1.44 bits per heavy atom. The van der Waals surface area contributed by atoms with Crippen molar-refractivity contribution in [2.45, 2.75) is 26.3 Å². The number of piperidine rings is 1. The zero-order chi connectivity index (χ0) is 19.1. The maximum Gasteiger partial charge on any atom is 0.310 e. The highest BCUT2D eigenvalue weighted by Gasteiger charge is 2.28. The van der Waals surface area contributed by atoms with Crippen molar-refractivity contribution in [1.82, 2.24) is 25.0 Å². The average molecular weight is 370 g/mol. The lowest BCUT2D eigenvalue weighted by molar-refractivity contribution is -0.149. The summed E-state index contributed by atoms with van der Waals surface area (Å²) in [5.41, 5.74) is 1.08. The number of carbonyl (C=O) groups is 1. The fourth-order valence-electron chi connectivity index (χ4n) is 3.24. The molecule has 0 aliphatic carbocycles. The van der Waals surface area contributed by atoms with E-state index in [1.807, 2.05) is 31.3 Å². The zero-order valence-electron chi connectivity index (χ0n) is 15.8. The first kappa shape index (κ1) is 18.9. The van der Waals surface area contributed by atoms with E-state index >= 15 is 0 Å². The third-order valence-electron chi connectivity index (χ3n) is 4.55. The minimum atomic E-state index is -0.115. The van der Waals surface area contributed by atoms with Crippen LogP contribution in [0.15, 0.2) is 41.8 Å². The van der Waals surface area contributed by atoms with Crippen LogP contribution >= 0.6 is 0 Å². The number of guanidine groups is 1. The van der Waals surface area contributed by atoms with Gasteiger partial charge in [0.15, 0.2) is 11.8 Å². The highest BCUT2D eigenvalue weighted by molar-refractivity contribution is 5.81. The van der Waals surface area contributed by atoms with Gasteiger partial charge in [-0.2, -0.15) is 5.10 Å². The summed E-state index contributed by atoms with van der Waals surface area (Å²) in [5, 5.41) is 7.60. The molecule has 0 spiro atoms. The summed E-state index contributed by atoms with van der Waals surface area (Å²) in [7, 11) is 1.76. The SMILES string of the molecule is CCOC(=O)C1CCCN(C(=NC)NCc2ccnc(-n3cccn3)c2)C1. The molecule has 8 heteroatoms. The molecular formula is C19H26N6O2. The Morgan fingerprint density at radius 3 is 3.07 bits per heavy atom. The zero-order valence-corrected chi connectivity index (χ0v) is 15.8. The molecule has 1 aliphatic rings. The van der Waals surface area contributed by atoms with E-state index in [0.717, 1.165) is 36.7 Å². The number of ether oxygens (including phenoxy) is 1. The van der Waals surface area contributed by atoms with Crippen molar-refractivity contribution in [3.05, 3.63) is 42.4 Å². The van der Waals surface area contributed by atoms with E-state index < -0.39 is 0 Å². The van der Waals surface area contributed by atoms with Crippen LogP contribution in [0.25, 0.3) is 5.82 Å². The number of likely N-dealkylation sites (tertiary alicyclic amines) is 1. The third kappa shape index (κ3) is 4.84. The number of rotatable bonds is 5. The van der Waals surface area contributed by atoms with E-state index in [4.69, 9.17) is 4.74 Å². The molecule has 3 heterocycles. The summed E-state index contributed by atoms with van der Waals surface area (Å²) in [6.07, 6.45) is 7.17. The smallest absolute Gasteiger partial charge is 0.310 e. The first-order valence-electron chi connectivity index (χ1n) is 9.28. The van der Waals surface area contributed by atoms with Gasteiger partial charge in [0.25, 0.3) is 0 Å². The molecule has 144 valence electrons. The van der Waals surface area contributed by atoms with Gasteiger partial charge in [-0.3, -0.25) is 9.79 Å². The number of pyridine rings is 1. The molecule has 1 N–H and O–H groups in total. The summed E-state index contributed by atoms with van der Waals surface area (Å²) in [6, 6.07) is 5.82. The summed E-state index contributed by atoms with van der Waals surface area (Å²) < 4.78 is 6.91. The predicted octanol–water partition coefficient (Wildman–Crippen LogP) is 1.62. The molecule has 0 bridgehead atoms. The number of aliphatic imine (C=N–C) groups is 1. The molecule has 0 amide bonds. The van der Waals surface area contributed by atoms with Crippen molar-refractivity contribution in [2.24, 2.45) is 10.9 Å². The van der Waals surface area contributed by atoms with Gasteiger partial charge >= 0.3 is 5.97 Å². The van der Waals surface area contributed by atoms with E-state index in [1.54, 1.807) is 24.1 Å². The number of esters is 1. The van der Waals surface area contributed by atoms with E-state index in [-0.39, 0.29) is 11.9 Å². The Morgan fingerprint density at radius 2 is 2.33 bits per heavy atom. The molecule has 0 aromatic carbocycles. The first-order chi connectivity index (χ1) is 13.2. The van der Waals surface area contributed by atoms with Crippen molar-refractivity contribution in [3.63, 3.8) is 0 Å². The fraction of sp³-hybridized carbons (Fsp3) is 0.474. The van der Waals surface area contributed by atoms with Gasteiger partial charge in [-0.1, -0.05) is 0 Å². The monoisotopic (exact) mass is 370 g/mol. The molecule has 1 unspecified atom stereocenters. The van der Waals surface area contributed by atoms with Crippen LogP contribution in [0.5, 0.6) is 0 Å². The van der Waals surface area contributed by atoms with Crippen molar-refractivity contribution >= 4 is 11.9 Å².